The van der Waals surface area contributed by atoms with E-state index in [0.717, 1.165) is 19.3 Å². The molecule has 0 aromatic carbocycles. The van der Waals surface area contributed by atoms with Gasteiger partial charge in [-0.15, -0.1) is 0 Å². The van der Waals surface area contributed by atoms with E-state index in [0.29, 0.717) is 6.42 Å². The molecular weight excluding hydrogens is 320 g/mol. The Hall–Kier alpha value is -1.46. The molecule has 0 aromatic rings. The van der Waals surface area contributed by atoms with E-state index >= 15 is 0 Å². The third-order valence-electron chi connectivity index (χ3n) is 4.69. The van der Waals surface area contributed by atoms with Gasteiger partial charge in [0.25, 0.3) is 0 Å². The van der Waals surface area contributed by atoms with Crippen molar-refractivity contribution in [3.63, 3.8) is 0 Å². The standard InChI is InChI=1S/C20H32O5/c1-2-3-4-5-6-7-8-9-10-12-17(21)16-15-20(16,25)18(22)13-11-14-19(23)24/h6-7,10,12,16,18,22,25H,2-5,8-9,11,13-15H2,1H3,(H,23,24)/b7-6-,12-10+/t16-,18-,20-/m0/s1. The summed E-state index contributed by atoms with van der Waals surface area (Å²) in [6, 6.07) is 0. The first kappa shape index (κ1) is 21.6. The van der Waals surface area contributed by atoms with Crippen LogP contribution in [0.4, 0.5) is 0 Å². The maximum absolute atomic E-state index is 12.0. The first-order valence-electron chi connectivity index (χ1n) is 9.39. The van der Waals surface area contributed by atoms with Crippen LogP contribution in [0.5, 0.6) is 0 Å². The molecule has 25 heavy (non-hydrogen) atoms. The van der Waals surface area contributed by atoms with Gasteiger partial charge in [-0.3, -0.25) is 9.59 Å². The molecule has 0 aliphatic heterocycles. The molecule has 1 aliphatic carbocycles. The number of hydrogen-bond donors (Lipinski definition) is 3. The molecule has 5 nitrogen and oxygen atoms in total. The SMILES string of the molecule is CCCCC/C=C\CC/C=C/C(=O)[C@@H]1C[C@@]1(O)[C@@H](O)CCCC(=O)O. The summed E-state index contributed by atoms with van der Waals surface area (Å²) in [6.07, 6.45) is 13.7. The molecule has 3 N–H and O–H groups in total. The first-order valence-corrected chi connectivity index (χ1v) is 9.39. The van der Waals surface area contributed by atoms with Crippen LogP contribution in [-0.2, 0) is 9.59 Å². The van der Waals surface area contributed by atoms with Crippen LogP contribution in [0.25, 0.3) is 0 Å². The highest BCUT2D eigenvalue weighted by Gasteiger charge is 2.60. The maximum atomic E-state index is 12.0. The summed E-state index contributed by atoms with van der Waals surface area (Å²) in [4.78, 5) is 22.5. The van der Waals surface area contributed by atoms with Crippen LogP contribution in [0.1, 0.15) is 71.1 Å². The first-order chi connectivity index (χ1) is 11.9. The molecule has 0 heterocycles. The van der Waals surface area contributed by atoms with Crippen molar-refractivity contribution in [2.45, 2.75) is 82.8 Å². The molecule has 1 rings (SSSR count). The smallest absolute Gasteiger partial charge is 0.303 e. The average Bonchev–Trinajstić information content (AvgIpc) is 3.26. The van der Waals surface area contributed by atoms with Crippen LogP contribution in [0, 0.1) is 5.92 Å². The summed E-state index contributed by atoms with van der Waals surface area (Å²) in [6.45, 7) is 2.18. The second-order valence-electron chi connectivity index (χ2n) is 6.90. The number of aliphatic hydroxyl groups excluding tert-OH is 1. The number of aliphatic hydroxyl groups is 2. The predicted octanol–water partition coefficient (Wildman–Crippen LogP) is 3.40. The number of aliphatic carboxylic acids is 1. The largest absolute Gasteiger partial charge is 0.481 e. The Balaban J connectivity index is 2.21. The van der Waals surface area contributed by atoms with E-state index in [1.165, 1.54) is 25.3 Å². The molecule has 0 unspecified atom stereocenters. The van der Waals surface area contributed by atoms with Crippen molar-refractivity contribution in [3.05, 3.63) is 24.3 Å². The normalized spacial score (nSPS) is 24.0. The van der Waals surface area contributed by atoms with Crippen LogP contribution in [0.2, 0.25) is 0 Å². The Morgan fingerprint density at radius 1 is 1.12 bits per heavy atom. The Morgan fingerprint density at radius 3 is 2.48 bits per heavy atom. The fourth-order valence-corrected chi connectivity index (χ4v) is 2.94. The lowest BCUT2D eigenvalue weighted by Crippen LogP contribution is -2.31. The Kier molecular flexibility index (Phi) is 9.68. The van der Waals surface area contributed by atoms with Gasteiger partial charge >= 0.3 is 5.97 Å². The van der Waals surface area contributed by atoms with Crippen molar-refractivity contribution in [1.82, 2.24) is 0 Å². The zero-order chi connectivity index (χ0) is 18.7. The van der Waals surface area contributed by atoms with Gasteiger partial charge in [0.05, 0.1) is 12.0 Å². The van der Waals surface area contributed by atoms with Gasteiger partial charge in [0.1, 0.15) is 5.60 Å². The molecule has 0 amide bonds. The number of rotatable bonds is 14. The Morgan fingerprint density at radius 2 is 1.80 bits per heavy atom. The fourth-order valence-electron chi connectivity index (χ4n) is 2.94. The highest BCUT2D eigenvalue weighted by molar-refractivity contribution is 5.95. The van der Waals surface area contributed by atoms with Gasteiger partial charge in [-0.2, -0.15) is 0 Å². The number of allylic oxidation sites excluding steroid dienone is 4. The van der Waals surface area contributed by atoms with Crippen molar-refractivity contribution < 1.29 is 24.9 Å². The van der Waals surface area contributed by atoms with Crippen LogP contribution in [-0.4, -0.2) is 38.8 Å². The van der Waals surface area contributed by atoms with Crippen molar-refractivity contribution in [2.24, 2.45) is 5.92 Å². The lowest BCUT2D eigenvalue weighted by atomic mass is 10.0. The number of carbonyl (C=O) groups is 2. The summed E-state index contributed by atoms with van der Waals surface area (Å²) in [5.74, 6) is -1.65. The lowest BCUT2D eigenvalue weighted by molar-refractivity contribution is -0.137. The van der Waals surface area contributed by atoms with Crippen LogP contribution in [0.15, 0.2) is 24.3 Å². The van der Waals surface area contributed by atoms with Crippen LogP contribution in [0.3, 0.4) is 0 Å². The summed E-state index contributed by atoms with van der Waals surface area (Å²) in [5.41, 5.74) is -1.38. The minimum Gasteiger partial charge on any atom is -0.481 e. The number of carboxylic acids is 1. The van der Waals surface area contributed by atoms with E-state index in [4.69, 9.17) is 5.11 Å². The summed E-state index contributed by atoms with van der Waals surface area (Å²) < 4.78 is 0. The zero-order valence-electron chi connectivity index (χ0n) is 15.2. The van der Waals surface area contributed by atoms with Crippen LogP contribution >= 0.6 is 0 Å². The van der Waals surface area contributed by atoms with Crippen molar-refractivity contribution in [1.29, 1.82) is 0 Å². The molecule has 0 saturated heterocycles. The molecule has 3 atom stereocenters. The molecule has 1 fully saturated rings. The van der Waals surface area contributed by atoms with E-state index in [-0.39, 0.29) is 25.0 Å². The number of hydrogen-bond acceptors (Lipinski definition) is 4. The van der Waals surface area contributed by atoms with Crippen LogP contribution < -0.4 is 0 Å². The van der Waals surface area contributed by atoms with Gasteiger partial charge < -0.3 is 15.3 Å². The molecule has 0 bridgehead atoms. The predicted molar refractivity (Wildman–Crippen MR) is 97.2 cm³/mol. The van der Waals surface area contributed by atoms with Crippen molar-refractivity contribution in [3.8, 4) is 0 Å². The van der Waals surface area contributed by atoms with Gasteiger partial charge in [0, 0.05) is 6.42 Å². The second kappa shape index (κ2) is 11.2. The quantitative estimate of drug-likeness (QED) is 0.253. The zero-order valence-corrected chi connectivity index (χ0v) is 15.2. The summed E-state index contributed by atoms with van der Waals surface area (Å²) in [5, 5.41) is 28.8. The molecule has 1 saturated carbocycles. The highest BCUT2D eigenvalue weighted by Crippen LogP contribution is 2.48. The minimum absolute atomic E-state index is 0.0440. The Bertz CT molecular complexity index is 482. The number of carboxylic acid groups (broad SMARTS) is 1. The van der Waals surface area contributed by atoms with Gasteiger partial charge in [-0.25, -0.2) is 0 Å². The number of ketones is 1. The monoisotopic (exact) mass is 352 g/mol. The van der Waals surface area contributed by atoms with E-state index in [1.807, 2.05) is 6.08 Å². The van der Waals surface area contributed by atoms with E-state index < -0.39 is 23.6 Å². The molecule has 0 spiro atoms. The third kappa shape index (κ3) is 7.97. The molecule has 1 aliphatic rings. The summed E-state index contributed by atoms with van der Waals surface area (Å²) in [7, 11) is 0. The second-order valence-corrected chi connectivity index (χ2v) is 6.90. The summed E-state index contributed by atoms with van der Waals surface area (Å²) >= 11 is 0. The molecule has 0 aromatic heterocycles. The van der Waals surface area contributed by atoms with Gasteiger partial charge in [0.15, 0.2) is 5.78 Å². The highest BCUT2D eigenvalue weighted by atomic mass is 16.4. The fraction of sp³-hybridized carbons (Fsp3) is 0.700. The lowest BCUT2D eigenvalue weighted by Gasteiger charge is -2.17. The maximum Gasteiger partial charge on any atom is 0.303 e. The van der Waals surface area contributed by atoms with E-state index in [9.17, 15) is 19.8 Å². The van der Waals surface area contributed by atoms with E-state index in [1.54, 1.807) is 0 Å². The van der Waals surface area contributed by atoms with E-state index in [2.05, 4.69) is 19.1 Å². The molecule has 142 valence electrons. The van der Waals surface area contributed by atoms with Gasteiger partial charge in [-0.1, -0.05) is 38.0 Å². The van der Waals surface area contributed by atoms with Gasteiger partial charge in [-0.05, 0) is 51.0 Å². The molecule has 0 radical (unpaired) electrons. The number of unbranched alkanes of at least 4 members (excludes halogenated alkanes) is 4. The Labute approximate surface area is 150 Å². The minimum atomic E-state index is -1.38. The topological polar surface area (TPSA) is 94.8 Å². The third-order valence-corrected chi connectivity index (χ3v) is 4.69. The number of carbonyl (C=O) groups excluding carboxylic acids is 1. The van der Waals surface area contributed by atoms with Crippen molar-refractivity contribution >= 4 is 11.8 Å². The van der Waals surface area contributed by atoms with Crippen molar-refractivity contribution in [2.75, 3.05) is 0 Å². The van der Waals surface area contributed by atoms with Gasteiger partial charge in [0.2, 0.25) is 0 Å². The molecule has 5 heteroatoms. The average molecular weight is 352 g/mol. The molecular formula is C20H32O5.